The monoisotopic (exact) mass is 435 g/mol. The summed E-state index contributed by atoms with van der Waals surface area (Å²) >= 11 is 0. The average Bonchev–Trinajstić information content (AvgIpc) is 3.26. The molecule has 2 aromatic rings. The summed E-state index contributed by atoms with van der Waals surface area (Å²) in [7, 11) is 3.81. The van der Waals surface area contributed by atoms with E-state index >= 15 is 0 Å². The fraction of sp³-hybridized carbons (Fsp3) is 0.520. The van der Waals surface area contributed by atoms with Gasteiger partial charge in [-0.2, -0.15) is 0 Å². The van der Waals surface area contributed by atoms with Crippen LogP contribution in [0.5, 0.6) is 0 Å². The minimum absolute atomic E-state index is 0.104. The quantitative estimate of drug-likeness (QED) is 0.669. The molecule has 7 nitrogen and oxygen atoms in total. The molecular formula is C25H33N5O2. The standard InChI is InChI=1S/C25H33N5O2/c1-18-20-13-14-22(31)30(16-7-11-19-9-5-4-6-10-19)25(20)27-24(26-18)21-12-8-15-29(21)23(32)17-28(2)3/h4-6,9-10,21H,7-8,11-17H2,1-3H3. The Balaban J connectivity index is 1.56. The summed E-state index contributed by atoms with van der Waals surface area (Å²) in [6, 6.07) is 10.2. The first kappa shape index (κ1) is 22.4. The van der Waals surface area contributed by atoms with Gasteiger partial charge in [0, 0.05) is 30.8 Å². The van der Waals surface area contributed by atoms with Crippen molar-refractivity contribution in [1.82, 2.24) is 19.8 Å². The fourth-order valence-electron chi connectivity index (χ4n) is 4.76. The molecule has 3 heterocycles. The van der Waals surface area contributed by atoms with Gasteiger partial charge in [0.25, 0.3) is 0 Å². The van der Waals surface area contributed by atoms with Crippen molar-refractivity contribution >= 4 is 17.6 Å². The number of nitrogens with zero attached hydrogens (tertiary/aromatic N) is 5. The van der Waals surface area contributed by atoms with Gasteiger partial charge in [-0.15, -0.1) is 0 Å². The Morgan fingerprint density at radius 2 is 1.94 bits per heavy atom. The van der Waals surface area contributed by atoms with Crippen molar-refractivity contribution in [3.8, 4) is 0 Å². The first-order valence-corrected chi connectivity index (χ1v) is 11.6. The van der Waals surface area contributed by atoms with Crippen LogP contribution in [0.3, 0.4) is 0 Å². The molecule has 2 aliphatic heterocycles. The molecule has 0 saturated carbocycles. The molecule has 2 aliphatic rings. The van der Waals surface area contributed by atoms with E-state index in [0.717, 1.165) is 49.3 Å². The number of aromatic nitrogens is 2. The molecule has 1 unspecified atom stereocenters. The van der Waals surface area contributed by atoms with Crippen LogP contribution in [-0.4, -0.2) is 65.3 Å². The molecule has 32 heavy (non-hydrogen) atoms. The van der Waals surface area contributed by atoms with Crippen LogP contribution in [0.1, 0.15) is 54.4 Å². The SMILES string of the molecule is Cc1nc(C2CCCN2C(=O)CN(C)C)nc2c1CCC(=O)N2CCCc1ccccc1. The van der Waals surface area contributed by atoms with Crippen LogP contribution in [0.15, 0.2) is 30.3 Å². The molecule has 0 bridgehead atoms. The highest BCUT2D eigenvalue weighted by Crippen LogP contribution is 2.34. The Hall–Kier alpha value is -2.80. The van der Waals surface area contributed by atoms with Crippen molar-refractivity contribution in [2.24, 2.45) is 0 Å². The molecule has 1 aromatic carbocycles. The number of rotatable bonds is 7. The van der Waals surface area contributed by atoms with Crippen molar-refractivity contribution in [1.29, 1.82) is 0 Å². The van der Waals surface area contributed by atoms with Crippen molar-refractivity contribution in [2.45, 2.75) is 51.5 Å². The van der Waals surface area contributed by atoms with Gasteiger partial charge in [0.2, 0.25) is 11.8 Å². The van der Waals surface area contributed by atoms with Gasteiger partial charge < -0.3 is 9.80 Å². The van der Waals surface area contributed by atoms with Gasteiger partial charge in [-0.3, -0.25) is 14.5 Å². The summed E-state index contributed by atoms with van der Waals surface area (Å²) in [6.07, 6.45) is 4.79. The zero-order valence-corrected chi connectivity index (χ0v) is 19.4. The highest BCUT2D eigenvalue weighted by Gasteiger charge is 2.35. The Morgan fingerprint density at radius 3 is 2.69 bits per heavy atom. The third-order valence-corrected chi connectivity index (χ3v) is 6.37. The number of amides is 2. The topological polar surface area (TPSA) is 69.6 Å². The molecule has 2 amide bonds. The summed E-state index contributed by atoms with van der Waals surface area (Å²) in [6.45, 7) is 3.76. The number of aryl methyl sites for hydroxylation is 2. The van der Waals surface area contributed by atoms with E-state index in [-0.39, 0.29) is 17.9 Å². The number of likely N-dealkylation sites (N-methyl/N-ethyl adjacent to an activating group) is 1. The second-order valence-corrected chi connectivity index (χ2v) is 9.09. The van der Waals surface area contributed by atoms with Crippen molar-refractivity contribution < 1.29 is 9.59 Å². The lowest BCUT2D eigenvalue weighted by atomic mass is 10.0. The Labute approximate surface area is 190 Å². The minimum atomic E-state index is -0.116. The predicted octanol–water partition coefficient (Wildman–Crippen LogP) is 2.92. The van der Waals surface area contributed by atoms with Crippen LogP contribution < -0.4 is 4.90 Å². The van der Waals surface area contributed by atoms with Gasteiger partial charge in [0.1, 0.15) is 5.82 Å². The molecule has 1 fully saturated rings. The number of hydrogen-bond acceptors (Lipinski definition) is 5. The molecule has 0 N–H and O–H groups in total. The third-order valence-electron chi connectivity index (χ3n) is 6.37. The van der Waals surface area contributed by atoms with E-state index in [1.54, 1.807) is 0 Å². The zero-order chi connectivity index (χ0) is 22.7. The molecule has 4 rings (SSSR count). The fourth-order valence-corrected chi connectivity index (χ4v) is 4.76. The summed E-state index contributed by atoms with van der Waals surface area (Å²) in [5.41, 5.74) is 3.27. The van der Waals surface area contributed by atoms with E-state index in [4.69, 9.17) is 9.97 Å². The lowest BCUT2D eigenvalue weighted by Crippen LogP contribution is -2.40. The Bertz CT molecular complexity index is 976. The number of likely N-dealkylation sites (tertiary alicyclic amines) is 1. The normalized spacial score (nSPS) is 18.4. The molecule has 0 radical (unpaired) electrons. The van der Waals surface area contributed by atoms with E-state index in [1.807, 2.05) is 53.9 Å². The van der Waals surface area contributed by atoms with Crippen LogP contribution in [0, 0.1) is 6.92 Å². The summed E-state index contributed by atoms with van der Waals surface area (Å²) in [4.78, 5) is 41.0. The molecule has 1 aromatic heterocycles. The molecular weight excluding hydrogens is 402 g/mol. The summed E-state index contributed by atoms with van der Waals surface area (Å²) in [5.74, 6) is 1.66. The maximum absolute atomic E-state index is 12.8. The summed E-state index contributed by atoms with van der Waals surface area (Å²) in [5, 5.41) is 0. The highest BCUT2D eigenvalue weighted by atomic mass is 16.2. The second-order valence-electron chi connectivity index (χ2n) is 9.09. The molecule has 1 atom stereocenters. The number of benzene rings is 1. The number of carbonyl (C=O) groups excluding carboxylic acids is 2. The average molecular weight is 436 g/mol. The lowest BCUT2D eigenvalue weighted by Gasteiger charge is -2.31. The number of anilines is 1. The van der Waals surface area contributed by atoms with E-state index in [2.05, 4.69) is 12.1 Å². The van der Waals surface area contributed by atoms with Crippen LogP contribution in [0.25, 0.3) is 0 Å². The van der Waals surface area contributed by atoms with Crippen LogP contribution in [0.2, 0.25) is 0 Å². The predicted molar refractivity (Wildman–Crippen MR) is 124 cm³/mol. The van der Waals surface area contributed by atoms with Gasteiger partial charge in [-0.25, -0.2) is 9.97 Å². The summed E-state index contributed by atoms with van der Waals surface area (Å²) < 4.78 is 0. The maximum atomic E-state index is 12.8. The Morgan fingerprint density at radius 1 is 1.16 bits per heavy atom. The van der Waals surface area contributed by atoms with E-state index in [9.17, 15) is 9.59 Å². The van der Waals surface area contributed by atoms with Crippen LogP contribution in [0.4, 0.5) is 5.82 Å². The maximum Gasteiger partial charge on any atom is 0.237 e. The minimum Gasteiger partial charge on any atom is -0.331 e. The molecule has 0 aliphatic carbocycles. The number of fused-ring (bicyclic) bond motifs is 1. The van der Waals surface area contributed by atoms with Crippen molar-refractivity contribution in [2.75, 3.05) is 38.6 Å². The van der Waals surface area contributed by atoms with Gasteiger partial charge in [-0.05, 0) is 58.7 Å². The first-order valence-electron chi connectivity index (χ1n) is 11.6. The second kappa shape index (κ2) is 9.77. The van der Waals surface area contributed by atoms with E-state index in [1.165, 1.54) is 5.56 Å². The van der Waals surface area contributed by atoms with Crippen LogP contribution >= 0.6 is 0 Å². The van der Waals surface area contributed by atoms with Gasteiger partial charge in [0.05, 0.1) is 12.6 Å². The first-order chi connectivity index (χ1) is 15.4. The third kappa shape index (κ3) is 4.83. The zero-order valence-electron chi connectivity index (χ0n) is 19.4. The molecule has 1 saturated heterocycles. The smallest absolute Gasteiger partial charge is 0.237 e. The molecule has 0 spiro atoms. The van der Waals surface area contributed by atoms with Crippen molar-refractivity contribution in [3.05, 3.63) is 53.0 Å². The van der Waals surface area contributed by atoms with Crippen molar-refractivity contribution in [3.63, 3.8) is 0 Å². The van der Waals surface area contributed by atoms with Gasteiger partial charge >= 0.3 is 0 Å². The lowest BCUT2D eigenvalue weighted by molar-refractivity contribution is -0.133. The van der Waals surface area contributed by atoms with E-state index < -0.39 is 0 Å². The van der Waals surface area contributed by atoms with Crippen LogP contribution in [-0.2, 0) is 22.4 Å². The highest BCUT2D eigenvalue weighted by molar-refractivity contribution is 5.95. The largest absolute Gasteiger partial charge is 0.331 e. The van der Waals surface area contributed by atoms with Gasteiger partial charge in [0.15, 0.2) is 5.82 Å². The Kier molecular flexibility index (Phi) is 6.84. The number of hydrogen-bond donors (Lipinski definition) is 0. The number of carbonyl (C=O) groups is 2. The van der Waals surface area contributed by atoms with E-state index in [0.29, 0.717) is 31.8 Å². The molecule has 170 valence electrons. The van der Waals surface area contributed by atoms with Gasteiger partial charge in [-0.1, -0.05) is 30.3 Å². The molecule has 7 heteroatoms.